The first-order valence-electron chi connectivity index (χ1n) is 3.97. The van der Waals surface area contributed by atoms with Gasteiger partial charge in [0.05, 0.1) is 10.5 Å². The molecule has 2 aromatic heterocycles. The fourth-order valence-electron chi connectivity index (χ4n) is 1.10. The second-order valence-electron chi connectivity index (χ2n) is 2.72. The smallest absolute Gasteiger partial charge is 0.115 e. The highest BCUT2D eigenvalue weighted by Gasteiger charge is 2.12. The van der Waals surface area contributed by atoms with E-state index in [0.717, 1.165) is 10.4 Å². The molecule has 2 heterocycles. The van der Waals surface area contributed by atoms with Gasteiger partial charge in [-0.25, -0.2) is 0 Å². The summed E-state index contributed by atoms with van der Waals surface area (Å²) in [5, 5.41) is 17.2. The average molecular weight is 227 g/mol. The Morgan fingerprint density at radius 1 is 1.29 bits per heavy atom. The lowest BCUT2D eigenvalue weighted by molar-refractivity contribution is 0.223. The van der Waals surface area contributed by atoms with Crippen LogP contribution in [0.25, 0.3) is 0 Å². The van der Waals surface area contributed by atoms with Crippen molar-refractivity contribution in [3.8, 4) is 0 Å². The van der Waals surface area contributed by atoms with Crippen LogP contribution in [-0.2, 0) is 0 Å². The Hall–Kier alpha value is -0.970. The second kappa shape index (κ2) is 4.04. The monoisotopic (exact) mass is 226 g/mol. The van der Waals surface area contributed by atoms with E-state index >= 15 is 0 Å². The highest BCUT2D eigenvalue weighted by molar-refractivity contribution is 7.16. The first kappa shape index (κ1) is 9.58. The molecule has 3 nitrogen and oxygen atoms in total. The molecule has 0 aliphatic heterocycles. The molecule has 72 valence electrons. The van der Waals surface area contributed by atoms with E-state index in [1.54, 1.807) is 24.4 Å². The van der Waals surface area contributed by atoms with Gasteiger partial charge in [0.15, 0.2) is 0 Å². The summed E-state index contributed by atoms with van der Waals surface area (Å²) in [6.45, 7) is 0. The van der Waals surface area contributed by atoms with Crippen LogP contribution >= 0.6 is 22.9 Å². The lowest BCUT2D eigenvalue weighted by Gasteiger charge is -2.06. The number of halogens is 1. The Morgan fingerprint density at radius 3 is 2.71 bits per heavy atom. The van der Waals surface area contributed by atoms with Crippen LogP contribution in [0.3, 0.4) is 0 Å². The number of aliphatic hydroxyl groups is 1. The molecular weight excluding hydrogens is 220 g/mol. The van der Waals surface area contributed by atoms with Crippen molar-refractivity contribution in [2.75, 3.05) is 0 Å². The predicted octanol–water partition coefficient (Wildman–Crippen LogP) is 2.27. The van der Waals surface area contributed by atoms with Crippen LogP contribution < -0.4 is 0 Å². The highest BCUT2D eigenvalue weighted by atomic mass is 35.5. The minimum Gasteiger partial charge on any atom is -0.383 e. The molecule has 5 heteroatoms. The van der Waals surface area contributed by atoms with Crippen molar-refractivity contribution in [2.45, 2.75) is 6.10 Å². The zero-order chi connectivity index (χ0) is 9.97. The fraction of sp³-hybridized carbons (Fsp3) is 0.111. The largest absolute Gasteiger partial charge is 0.383 e. The van der Waals surface area contributed by atoms with Gasteiger partial charge >= 0.3 is 0 Å². The lowest BCUT2D eigenvalue weighted by Crippen LogP contribution is -1.97. The number of hydrogen-bond acceptors (Lipinski definition) is 4. The van der Waals surface area contributed by atoms with E-state index in [1.165, 1.54) is 17.5 Å². The molecule has 0 aliphatic carbocycles. The van der Waals surface area contributed by atoms with Crippen molar-refractivity contribution < 1.29 is 5.11 Å². The van der Waals surface area contributed by atoms with Crippen LogP contribution in [0, 0.1) is 0 Å². The number of aliphatic hydroxyl groups excluding tert-OH is 1. The summed E-state index contributed by atoms with van der Waals surface area (Å²) in [5.41, 5.74) is 0.721. The Morgan fingerprint density at radius 2 is 2.14 bits per heavy atom. The molecule has 2 rings (SSSR count). The van der Waals surface area contributed by atoms with Gasteiger partial charge in [-0.3, -0.25) is 0 Å². The average Bonchev–Trinajstić information content (AvgIpc) is 2.65. The van der Waals surface area contributed by atoms with Gasteiger partial charge < -0.3 is 5.11 Å². The van der Waals surface area contributed by atoms with Gasteiger partial charge in [0, 0.05) is 16.6 Å². The lowest BCUT2D eigenvalue weighted by atomic mass is 10.1. The Balaban J connectivity index is 2.29. The number of thiophene rings is 1. The maximum absolute atomic E-state index is 9.89. The third kappa shape index (κ3) is 1.92. The van der Waals surface area contributed by atoms with Gasteiger partial charge in [0.1, 0.15) is 6.10 Å². The molecule has 1 N–H and O–H groups in total. The number of hydrogen-bond donors (Lipinski definition) is 1. The maximum Gasteiger partial charge on any atom is 0.115 e. The van der Waals surface area contributed by atoms with Gasteiger partial charge in [-0.05, 0) is 18.2 Å². The zero-order valence-electron chi connectivity index (χ0n) is 7.09. The van der Waals surface area contributed by atoms with Gasteiger partial charge in [0.2, 0.25) is 0 Å². The number of nitrogens with zero attached hydrogens (tertiary/aromatic N) is 2. The van der Waals surface area contributed by atoms with Crippen molar-refractivity contribution in [1.29, 1.82) is 0 Å². The van der Waals surface area contributed by atoms with E-state index in [1.807, 2.05) is 0 Å². The van der Waals surface area contributed by atoms with E-state index in [9.17, 15) is 5.11 Å². The normalized spacial score (nSPS) is 12.7. The molecule has 0 amide bonds. The number of rotatable bonds is 2. The minimum absolute atomic E-state index is 0.664. The Labute approximate surface area is 90.0 Å². The van der Waals surface area contributed by atoms with E-state index in [0.29, 0.717) is 4.34 Å². The summed E-state index contributed by atoms with van der Waals surface area (Å²) in [4.78, 5) is 0.808. The van der Waals surface area contributed by atoms with E-state index in [2.05, 4.69) is 10.2 Å². The van der Waals surface area contributed by atoms with Crippen LogP contribution in [0.15, 0.2) is 30.6 Å². The summed E-state index contributed by atoms with van der Waals surface area (Å²) >= 11 is 7.13. The van der Waals surface area contributed by atoms with Gasteiger partial charge in [-0.2, -0.15) is 10.2 Å². The van der Waals surface area contributed by atoms with Crippen LogP contribution in [-0.4, -0.2) is 15.3 Å². The molecular formula is C9H7ClN2OS. The van der Waals surface area contributed by atoms with Crippen LogP contribution in [0.1, 0.15) is 16.5 Å². The molecule has 0 radical (unpaired) electrons. The first-order chi connectivity index (χ1) is 6.77. The van der Waals surface area contributed by atoms with Crippen LogP contribution in [0.4, 0.5) is 0 Å². The molecule has 0 aromatic carbocycles. The molecule has 1 atom stereocenters. The summed E-state index contributed by atoms with van der Waals surface area (Å²) in [5.74, 6) is 0. The van der Waals surface area contributed by atoms with E-state index < -0.39 is 6.10 Å². The quantitative estimate of drug-likeness (QED) is 0.855. The third-order valence-electron chi connectivity index (χ3n) is 1.79. The second-order valence-corrected chi connectivity index (χ2v) is 4.47. The molecule has 0 saturated carbocycles. The molecule has 0 spiro atoms. The van der Waals surface area contributed by atoms with Crippen LogP contribution in [0.5, 0.6) is 0 Å². The van der Waals surface area contributed by atoms with E-state index in [4.69, 9.17) is 11.6 Å². The number of aromatic nitrogens is 2. The highest BCUT2D eigenvalue weighted by Crippen LogP contribution is 2.30. The molecule has 0 saturated heterocycles. The molecule has 0 aliphatic rings. The maximum atomic E-state index is 9.89. The molecule has 2 aromatic rings. The Kier molecular flexibility index (Phi) is 2.77. The molecule has 0 fully saturated rings. The summed E-state index contributed by atoms with van der Waals surface area (Å²) in [6.07, 6.45) is 2.43. The van der Waals surface area contributed by atoms with Crippen molar-refractivity contribution in [3.05, 3.63) is 45.4 Å². The van der Waals surface area contributed by atoms with Crippen molar-refractivity contribution >= 4 is 22.9 Å². The van der Waals surface area contributed by atoms with Crippen LogP contribution in [0.2, 0.25) is 4.34 Å². The van der Waals surface area contributed by atoms with Crippen molar-refractivity contribution in [1.82, 2.24) is 10.2 Å². The zero-order valence-corrected chi connectivity index (χ0v) is 8.66. The van der Waals surface area contributed by atoms with Crippen molar-refractivity contribution in [3.63, 3.8) is 0 Å². The van der Waals surface area contributed by atoms with Gasteiger partial charge in [-0.1, -0.05) is 11.6 Å². The van der Waals surface area contributed by atoms with Gasteiger partial charge in [-0.15, -0.1) is 11.3 Å². The standard InChI is InChI=1S/C9H7ClN2OS/c10-8-2-1-7(14-8)9(13)6-3-4-11-12-5-6/h1-5,9,13H. The minimum atomic E-state index is -0.664. The van der Waals surface area contributed by atoms with Gasteiger partial charge in [0.25, 0.3) is 0 Å². The molecule has 14 heavy (non-hydrogen) atoms. The van der Waals surface area contributed by atoms with E-state index in [-0.39, 0.29) is 0 Å². The topological polar surface area (TPSA) is 46.0 Å². The Bertz CT molecular complexity index is 418. The predicted molar refractivity (Wildman–Crippen MR) is 55.4 cm³/mol. The SMILES string of the molecule is OC(c1ccnnc1)c1ccc(Cl)s1. The summed E-state index contributed by atoms with van der Waals surface area (Å²) in [7, 11) is 0. The van der Waals surface area contributed by atoms with Crippen molar-refractivity contribution in [2.24, 2.45) is 0 Å². The summed E-state index contributed by atoms with van der Waals surface area (Å²) in [6, 6.07) is 5.29. The third-order valence-corrected chi connectivity index (χ3v) is 3.07. The molecule has 1 unspecified atom stereocenters. The fourth-order valence-corrected chi connectivity index (χ4v) is 2.18. The first-order valence-corrected chi connectivity index (χ1v) is 5.17. The summed E-state index contributed by atoms with van der Waals surface area (Å²) < 4.78 is 0.668. The molecule has 0 bridgehead atoms.